The van der Waals surface area contributed by atoms with Gasteiger partial charge in [-0.05, 0) is 53.1 Å². The number of fused-ring (bicyclic) bond motifs is 1. The summed E-state index contributed by atoms with van der Waals surface area (Å²) in [5.74, 6) is -0.205. The van der Waals surface area contributed by atoms with Crippen LogP contribution in [0.4, 0.5) is 0 Å². The first-order valence-electron chi connectivity index (χ1n) is 11.8. The number of amides is 1. The average molecular weight is 453 g/mol. The lowest BCUT2D eigenvalue weighted by Gasteiger charge is -2.21. The van der Waals surface area contributed by atoms with E-state index < -0.39 is 0 Å². The summed E-state index contributed by atoms with van der Waals surface area (Å²) in [7, 11) is 0. The zero-order valence-electron chi connectivity index (χ0n) is 20.1. The van der Waals surface area contributed by atoms with Crippen LogP contribution in [0.25, 0.3) is 10.9 Å². The molecule has 0 bridgehead atoms. The smallest absolute Gasteiger partial charge is 0.255 e. The van der Waals surface area contributed by atoms with Crippen molar-refractivity contribution in [1.82, 2.24) is 10.3 Å². The second kappa shape index (κ2) is 10.1. The van der Waals surface area contributed by atoms with E-state index >= 15 is 0 Å². The lowest BCUT2D eigenvalue weighted by Crippen LogP contribution is -2.29. The molecule has 0 spiro atoms. The summed E-state index contributed by atoms with van der Waals surface area (Å²) < 4.78 is 0. The highest BCUT2D eigenvalue weighted by Crippen LogP contribution is 2.29. The Morgan fingerprint density at radius 2 is 1.68 bits per heavy atom. The SMILES string of the molecule is CC(C)(C)c1ccc(CCC(CNC(=O)c2ccccc2O)c2cccc3cccnc23)cc1. The van der Waals surface area contributed by atoms with E-state index in [-0.39, 0.29) is 28.6 Å². The number of benzene rings is 3. The van der Waals surface area contributed by atoms with Gasteiger partial charge < -0.3 is 10.4 Å². The number of rotatable bonds is 7. The molecule has 1 aromatic heterocycles. The molecule has 0 aliphatic carbocycles. The van der Waals surface area contributed by atoms with E-state index in [2.05, 4.69) is 79.6 Å². The van der Waals surface area contributed by atoms with Gasteiger partial charge in [-0.1, -0.05) is 81.4 Å². The van der Waals surface area contributed by atoms with E-state index in [1.165, 1.54) is 17.2 Å². The van der Waals surface area contributed by atoms with Crippen molar-refractivity contribution >= 4 is 16.8 Å². The standard InChI is InChI=1S/C30H32N2O2/c1-30(2,3)24-17-14-21(15-18-24)13-16-23(20-32-29(34)26-10-4-5-12-27(26)33)25-11-6-8-22-9-7-19-31-28(22)25/h4-12,14-15,17-19,23,33H,13,16,20H2,1-3H3,(H,32,34). The molecule has 0 saturated carbocycles. The fraction of sp³-hybridized carbons (Fsp3) is 0.267. The number of aromatic nitrogens is 1. The van der Waals surface area contributed by atoms with Crippen LogP contribution in [0.15, 0.2) is 85.1 Å². The molecular weight excluding hydrogens is 420 g/mol. The first kappa shape index (κ1) is 23.5. The molecule has 1 unspecified atom stereocenters. The molecular formula is C30H32N2O2. The summed E-state index contributed by atoms with van der Waals surface area (Å²) in [6.07, 6.45) is 3.57. The minimum atomic E-state index is -0.272. The Hall–Kier alpha value is -3.66. The van der Waals surface area contributed by atoms with Crippen molar-refractivity contribution in [2.45, 2.75) is 44.9 Å². The van der Waals surface area contributed by atoms with E-state index in [1.807, 2.05) is 12.3 Å². The van der Waals surface area contributed by atoms with Gasteiger partial charge in [-0.2, -0.15) is 0 Å². The molecule has 4 aromatic rings. The first-order chi connectivity index (χ1) is 16.3. The second-order valence-corrected chi connectivity index (χ2v) is 9.83. The quantitative estimate of drug-likeness (QED) is 0.342. The van der Waals surface area contributed by atoms with Crippen LogP contribution in [0.3, 0.4) is 0 Å². The first-order valence-corrected chi connectivity index (χ1v) is 11.8. The van der Waals surface area contributed by atoms with E-state index in [0.717, 1.165) is 29.3 Å². The number of nitrogens with zero attached hydrogens (tertiary/aromatic N) is 1. The zero-order chi connectivity index (χ0) is 24.1. The second-order valence-electron chi connectivity index (χ2n) is 9.83. The third-order valence-corrected chi connectivity index (χ3v) is 6.36. The number of phenolic OH excluding ortho intramolecular Hbond substituents is 1. The van der Waals surface area contributed by atoms with Gasteiger partial charge in [-0.25, -0.2) is 0 Å². The van der Waals surface area contributed by atoms with Crippen molar-refractivity contribution in [2.24, 2.45) is 0 Å². The van der Waals surface area contributed by atoms with Gasteiger partial charge in [0.25, 0.3) is 5.91 Å². The number of aryl methyl sites for hydroxylation is 1. The number of nitrogens with one attached hydrogen (secondary N) is 1. The molecule has 0 aliphatic rings. The molecule has 4 rings (SSSR count). The fourth-order valence-corrected chi connectivity index (χ4v) is 4.31. The van der Waals surface area contributed by atoms with Gasteiger partial charge in [0.2, 0.25) is 0 Å². The van der Waals surface area contributed by atoms with E-state index in [4.69, 9.17) is 0 Å². The Morgan fingerprint density at radius 1 is 0.941 bits per heavy atom. The summed E-state index contributed by atoms with van der Waals surface area (Å²) in [4.78, 5) is 17.4. The molecule has 174 valence electrons. The predicted molar refractivity (Wildman–Crippen MR) is 138 cm³/mol. The third-order valence-electron chi connectivity index (χ3n) is 6.36. The van der Waals surface area contributed by atoms with Crippen LogP contribution < -0.4 is 5.32 Å². The number of aromatic hydroxyl groups is 1. The van der Waals surface area contributed by atoms with Crippen molar-refractivity contribution in [3.63, 3.8) is 0 Å². The lowest BCUT2D eigenvalue weighted by atomic mass is 9.85. The molecule has 34 heavy (non-hydrogen) atoms. The van der Waals surface area contributed by atoms with Crippen LogP contribution in [0.1, 0.15) is 60.2 Å². The zero-order valence-corrected chi connectivity index (χ0v) is 20.1. The van der Waals surface area contributed by atoms with Crippen LogP contribution in [0.5, 0.6) is 5.75 Å². The Labute approximate surface area is 201 Å². The minimum absolute atomic E-state index is 0.0117. The highest BCUT2D eigenvalue weighted by atomic mass is 16.3. The topological polar surface area (TPSA) is 62.2 Å². The van der Waals surface area contributed by atoms with Gasteiger partial charge in [0.1, 0.15) is 5.75 Å². The maximum absolute atomic E-state index is 12.8. The highest BCUT2D eigenvalue weighted by Gasteiger charge is 2.19. The Bertz CT molecular complexity index is 1270. The Balaban J connectivity index is 1.56. The van der Waals surface area contributed by atoms with Crippen LogP contribution >= 0.6 is 0 Å². The summed E-state index contributed by atoms with van der Waals surface area (Å²) in [5.41, 5.74) is 5.11. The number of para-hydroxylation sites is 2. The summed E-state index contributed by atoms with van der Waals surface area (Å²) in [5, 5.41) is 14.2. The van der Waals surface area contributed by atoms with Crippen molar-refractivity contribution in [1.29, 1.82) is 0 Å². The predicted octanol–water partition coefficient (Wildman–Crippen LogP) is 6.38. The normalized spacial score (nSPS) is 12.4. The molecule has 0 fully saturated rings. The number of carbonyl (C=O) groups is 1. The summed E-state index contributed by atoms with van der Waals surface area (Å²) in [6.45, 7) is 7.12. The van der Waals surface area contributed by atoms with Crippen LogP contribution in [0, 0.1) is 0 Å². The molecule has 1 heterocycles. The summed E-state index contributed by atoms with van der Waals surface area (Å²) >= 11 is 0. The maximum Gasteiger partial charge on any atom is 0.255 e. The number of phenols is 1. The van der Waals surface area contributed by atoms with Crippen molar-refractivity contribution < 1.29 is 9.90 Å². The molecule has 3 aromatic carbocycles. The molecule has 1 amide bonds. The van der Waals surface area contributed by atoms with Crippen molar-refractivity contribution in [3.8, 4) is 5.75 Å². The number of pyridine rings is 1. The van der Waals surface area contributed by atoms with E-state index in [1.54, 1.807) is 18.2 Å². The van der Waals surface area contributed by atoms with Gasteiger partial charge in [-0.3, -0.25) is 9.78 Å². The number of hydrogen-bond acceptors (Lipinski definition) is 3. The molecule has 0 radical (unpaired) electrons. The number of hydrogen-bond donors (Lipinski definition) is 2. The molecule has 4 nitrogen and oxygen atoms in total. The van der Waals surface area contributed by atoms with E-state index in [0.29, 0.717) is 6.54 Å². The largest absolute Gasteiger partial charge is 0.507 e. The monoisotopic (exact) mass is 452 g/mol. The van der Waals surface area contributed by atoms with Crippen LogP contribution in [-0.2, 0) is 11.8 Å². The van der Waals surface area contributed by atoms with Crippen molar-refractivity contribution in [3.05, 3.63) is 107 Å². The van der Waals surface area contributed by atoms with Crippen LogP contribution in [0.2, 0.25) is 0 Å². The van der Waals surface area contributed by atoms with Gasteiger partial charge in [0.05, 0.1) is 11.1 Å². The molecule has 0 saturated heterocycles. The highest BCUT2D eigenvalue weighted by molar-refractivity contribution is 5.96. The summed E-state index contributed by atoms with van der Waals surface area (Å²) in [6, 6.07) is 25.7. The maximum atomic E-state index is 12.8. The van der Waals surface area contributed by atoms with Gasteiger partial charge >= 0.3 is 0 Å². The molecule has 0 aliphatic heterocycles. The molecule has 2 N–H and O–H groups in total. The number of carbonyl (C=O) groups excluding carboxylic acids is 1. The Kier molecular flexibility index (Phi) is 6.97. The van der Waals surface area contributed by atoms with Gasteiger partial charge in [-0.15, -0.1) is 0 Å². The lowest BCUT2D eigenvalue weighted by molar-refractivity contribution is 0.0948. The molecule has 1 atom stereocenters. The fourth-order valence-electron chi connectivity index (χ4n) is 4.31. The minimum Gasteiger partial charge on any atom is -0.507 e. The van der Waals surface area contributed by atoms with Gasteiger partial charge in [0, 0.05) is 24.0 Å². The van der Waals surface area contributed by atoms with Gasteiger partial charge in [0.15, 0.2) is 0 Å². The van der Waals surface area contributed by atoms with Crippen LogP contribution in [-0.4, -0.2) is 22.5 Å². The van der Waals surface area contributed by atoms with E-state index in [9.17, 15) is 9.90 Å². The third kappa shape index (κ3) is 5.45. The Morgan fingerprint density at radius 3 is 2.41 bits per heavy atom. The average Bonchev–Trinajstić information content (AvgIpc) is 2.84. The van der Waals surface area contributed by atoms with Crippen molar-refractivity contribution in [2.75, 3.05) is 6.54 Å². The molecule has 4 heteroatoms.